The van der Waals surface area contributed by atoms with Gasteiger partial charge in [0.15, 0.2) is 5.36 Å². The van der Waals surface area contributed by atoms with E-state index in [-0.39, 0.29) is 0 Å². The lowest BCUT2D eigenvalue weighted by Gasteiger charge is -2.02. The van der Waals surface area contributed by atoms with Crippen LogP contribution in [0.15, 0.2) is 59.7 Å². The molecule has 23 heavy (non-hydrogen) atoms. The maximum absolute atomic E-state index is 5.69. The molecule has 3 aromatic rings. The summed E-state index contributed by atoms with van der Waals surface area (Å²) in [4.78, 5) is 9.20. The van der Waals surface area contributed by atoms with Crippen LogP contribution in [0.3, 0.4) is 0 Å². The standard InChI is InChI=1S/C18H18N4O/c1-3-23-18-17(22-21-14-9-5-4-6-10-14)13(2)19-15-11-7-8-12-16(15)20-18/h4-12,21H,3H2,1-2H3/b22-17-. The first-order valence-corrected chi connectivity index (χ1v) is 7.53. The van der Waals surface area contributed by atoms with E-state index in [1.807, 2.05) is 68.4 Å². The second kappa shape index (κ2) is 6.87. The largest absolute Gasteiger partial charge is 0.476 e. The van der Waals surface area contributed by atoms with Crippen molar-refractivity contribution in [1.29, 1.82) is 0 Å². The molecule has 0 unspecified atom stereocenters. The molecule has 5 nitrogen and oxygen atoms in total. The molecule has 0 atom stereocenters. The monoisotopic (exact) mass is 306 g/mol. The number of nitrogens with zero attached hydrogens (tertiary/aromatic N) is 3. The zero-order chi connectivity index (χ0) is 16.1. The highest BCUT2D eigenvalue weighted by atomic mass is 16.5. The predicted octanol–water partition coefficient (Wildman–Crippen LogP) is 3.26. The van der Waals surface area contributed by atoms with Crippen molar-refractivity contribution in [3.8, 4) is 5.88 Å². The molecule has 0 aliphatic carbocycles. The smallest absolute Gasteiger partial charge is 0.244 e. The fourth-order valence-corrected chi connectivity index (χ4v) is 2.20. The van der Waals surface area contributed by atoms with Gasteiger partial charge in [0.1, 0.15) is 0 Å². The molecule has 116 valence electrons. The highest BCUT2D eigenvalue weighted by Gasteiger charge is 2.06. The Morgan fingerprint density at radius 3 is 2.30 bits per heavy atom. The number of hydrogen-bond donors (Lipinski definition) is 1. The first-order chi connectivity index (χ1) is 11.3. The van der Waals surface area contributed by atoms with Gasteiger partial charge in [0.2, 0.25) is 5.88 Å². The SMILES string of the molecule is CCOc1nc2ccccc2nc(C)/c1=N/Nc1ccccc1. The van der Waals surface area contributed by atoms with Gasteiger partial charge in [-0.2, -0.15) is 5.10 Å². The summed E-state index contributed by atoms with van der Waals surface area (Å²) in [7, 11) is 0. The van der Waals surface area contributed by atoms with Crippen molar-refractivity contribution >= 4 is 16.7 Å². The summed E-state index contributed by atoms with van der Waals surface area (Å²) in [5.41, 5.74) is 6.27. The van der Waals surface area contributed by atoms with Crippen LogP contribution in [0.1, 0.15) is 12.6 Å². The first-order valence-electron chi connectivity index (χ1n) is 7.53. The molecule has 0 radical (unpaired) electrons. The van der Waals surface area contributed by atoms with Crippen molar-refractivity contribution in [3.63, 3.8) is 0 Å². The van der Waals surface area contributed by atoms with E-state index in [0.717, 1.165) is 22.4 Å². The Kier molecular flexibility index (Phi) is 4.47. The third kappa shape index (κ3) is 3.45. The van der Waals surface area contributed by atoms with Crippen molar-refractivity contribution in [2.45, 2.75) is 13.8 Å². The van der Waals surface area contributed by atoms with Gasteiger partial charge < -0.3 is 4.74 Å². The van der Waals surface area contributed by atoms with Crippen molar-refractivity contribution < 1.29 is 4.74 Å². The van der Waals surface area contributed by atoms with Crippen LogP contribution in [-0.2, 0) is 0 Å². The van der Waals surface area contributed by atoms with Crippen molar-refractivity contribution in [3.05, 3.63) is 65.6 Å². The molecule has 1 aromatic heterocycles. The summed E-state index contributed by atoms with van der Waals surface area (Å²) in [6.45, 7) is 4.34. The number of hydrogen-bond acceptors (Lipinski definition) is 5. The lowest BCUT2D eigenvalue weighted by molar-refractivity contribution is 0.323. The molecule has 0 saturated heterocycles. The van der Waals surface area contributed by atoms with Crippen LogP contribution in [0.5, 0.6) is 5.88 Å². The molecular formula is C18H18N4O. The normalized spacial score (nSPS) is 11.5. The molecule has 0 saturated carbocycles. The summed E-state index contributed by atoms with van der Waals surface area (Å²) in [5, 5.41) is 5.06. The van der Waals surface area contributed by atoms with Gasteiger partial charge in [-0.05, 0) is 38.1 Å². The van der Waals surface area contributed by atoms with Crippen molar-refractivity contribution in [2.75, 3.05) is 12.0 Å². The fourth-order valence-electron chi connectivity index (χ4n) is 2.20. The summed E-state index contributed by atoms with van der Waals surface area (Å²) in [5.74, 6) is 0.474. The van der Waals surface area contributed by atoms with Crippen molar-refractivity contribution in [2.24, 2.45) is 5.10 Å². The van der Waals surface area contributed by atoms with E-state index >= 15 is 0 Å². The predicted molar refractivity (Wildman–Crippen MR) is 91.1 cm³/mol. The molecule has 1 heterocycles. The topological polar surface area (TPSA) is 59.4 Å². The molecule has 0 bridgehead atoms. The highest BCUT2D eigenvalue weighted by molar-refractivity contribution is 5.73. The van der Waals surface area contributed by atoms with Gasteiger partial charge in [-0.25, -0.2) is 9.97 Å². The third-order valence-electron chi connectivity index (χ3n) is 3.29. The van der Waals surface area contributed by atoms with Crippen LogP contribution >= 0.6 is 0 Å². The van der Waals surface area contributed by atoms with E-state index in [1.54, 1.807) is 0 Å². The Morgan fingerprint density at radius 2 is 1.61 bits per heavy atom. The molecule has 3 rings (SSSR count). The first kappa shape index (κ1) is 15.0. The maximum Gasteiger partial charge on any atom is 0.244 e. The molecule has 0 aliphatic heterocycles. The Hall–Kier alpha value is -2.95. The van der Waals surface area contributed by atoms with Gasteiger partial charge in [-0.15, -0.1) is 0 Å². The summed E-state index contributed by atoms with van der Waals surface area (Å²) < 4.78 is 5.69. The number of rotatable bonds is 4. The summed E-state index contributed by atoms with van der Waals surface area (Å²) >= 11 is 0. The number of benzene rings is 2. The third-order valence-corrected chi connectivity index (χ3v) is 3.29. The average Bonchev–Trinajstić information content (AvgIpc) is 2.70. The molecule has 1 N–H and O–H groups in total. The van der Waals surface area contributed by atoms with E-state index in [1.165, 1.54) is 0 Å². The van der Waals surface area contributed by atoms with E-state index < -0.39 is 0 Å². The van der Waals surface area contributed by atoms with Gasteiger partial charge in [-0.3, -0.25) is 5.43 Å². The minimum absolute atomic E-state index is 0.474. The zero-order valence-corrected chi connectivity index (χ0v) is 13.2. The van der Waals surface area contributed by atoms with Crippen LogP contribution in [0, 0.1) is 6.92 Å². The Bertz CT molecular complexity index is 879. The molecule has 5 heteroatoms. The van der Waals surface area contributed by atoms with Crippen LogP contribution < -0.4 is 15.5 Å². The molecule has 0 amide bonds. The summed E-state index contributed by atoms with van der Waals surface area (Å²) in [6, 6.07) is 17.5. The van der Waals surface area contributed by atoms with Crippen LogP contribution in [0.25, 0.3) is 11.0 Å². The van der Waals surface area contributed by atoms with E-state index in [9.17, 15) is 0 Å². The van der Waals surface area contributed by atoms with Gasteiger partial charge in [0, 0.05) is 0 Å². The molecule has 2 aromatic carbocycles. The van der Waals surface area contributed by atoms with Gasteiger partial charge >= 0.3 is 0 Å². The maximum atomic E-state index is 5.69. The van der Waals surface area contributed by atoms with Crippen LogP contribution in [0.4, 0.5) is 5.69 Å². The Labute approximate surface area is 134 Å². The average molecular weight is 306 g/mol. The highest BCUT2D eigenvalue weighted by Crippen LogP contribution is 2.11. The van der Waals surface area contributed by atoms with Crippen LogP contribution in [-0.4, -0.2) is 16.6 Å². The number of ether oxygens (including phenoxy) is 1. The molecule has 0 spiro atoms. The number of aryl methyl sites for hydroxylation is 1. The van der Waals surface area contributed by atoms with Gasteiger partial charge in [0.25, 0.3) is 0 Å². The van der Waals surface area contributed by atoms with E-state index in [0.29, 0.717) is 17.8 Å². The number of para-hydroxylation sites is 3. The molecule has 0 aliphatic rings. The Balaban J connectivity index is 2.17. The minimum Gasteiger partial charge on any atom is -0.476 e. The second-order valence-electron chi connectivity index (χ2n) is 4.97. The van der Waals surface area contributed by atoms with Gasteiger partial charge in [0.05, 0.1) is 29.0 Å². The summed E-state index contributed by atoms with van der Waals surface area (Å²) in [6.07, 6.45) is 0. The molecular weight excluding hydrogens is 288 g/mol. The minimum atomic E-state index is 0.474. The lowest BCUT2D eigenvalue weighted by Crippen LogP contribution is -2.14. The number of nitrogens with one attached hydrogen (secondary N) is 1. The van der Waals surface area contributed by atoms with Crippen LogP contribution in [0.2, 0.25) is 0 Å². The fraction of sp³-hybridized carbons (Fsp3) is 0.167. The Morgan fingerprint density at radius 1 is 0.957 bits per heavy atom. The number of anilines is 1. The quantitative estimate of drug-likeness (QED) is 0.752. The lowest BCUT2D eigenvalue weighted by atomic mass is 10.3. The van der Waals surface area contributed by atoms with E-state index in [2.05, 4.69) is 20.5 Å². The zero-order valence-electron chi connectivity index (χ0n) is 13.2. The number of aromatic nitrogens is 2. The molecule has 0 fully saturated rings. The number of fused-ring (bicyclic) bond motifs is 1. The van der Waals surface area contributed by atoms with E-state index in [4.69, 9.17) is 4.74 Å². The van der Waals surface area contributed by atoms with Crippen molar-refractivity contribution in [1.82, 2.24) is 9.97 Å². The van der Waals surface area contributed by atoms with Gasteiger partial charge in [-0.1, -0.05) is 30.3 Å². The second-order valence-corrected chi connectivity index (χ2v) is 4.97.